The molecule has 1 aliphatic carbocycles. The second kappa shape index (κ2) is 8.79. The summed E-state index contributed by atoms with van der Waals surface area (Å²) in [6.45, 7) is 4.65. The Balaban J connectivity index is 1.65. The highest BCUT2D eigenvalue weighted by atomic mass is 32.2. The topological polar surface area (TPSA) is 64.4 Å². The van der Waals surface area contributed by atoms with E-state index in [9.17, 15) is 8.42 Å². The Morgan fingerprint density at radius 1 is 1.10 bits per heavy atom. The summed E-state index contributed by atoms with van der Waals surface area (Å²) in [5.41, 5.74) is 4.13. The van der Waals surface area contributed by atoms with Gasteiger partial charge in [0.15, 0.2) is 0 Å². The number of hydrogen-bond acceptors (Lipinski definition) is 4. The SMILES string of the molecule is CCN1CCCc2cc(CN(C3CCCC3)S(=O)(=O)c3ccc(C#N)cc3)ccc21. The lowest BCUT2D eigenvalue weighted by molar-refractivity contribution is 0.316. The van der Waals surface area contributed by atoms with Crippen molar-refractivity contribution in [3.63, 3.8) is 0 Å². The van der Waals surface area contributed by atoms with Crippen molar-refractivity contribution in [1.29, 1.82) is 5.26 Å². The van der Waals surface area contributed by atoms with E-state index in [2.05, 4.69) is 36.1 Å². The molecule has 0 saturated heterocycles. The smallest absolute Gasteiger partial charge is 0.243 e. The van der Waals surface area contributed by atoms with Gasteiger partial charge >= 0.3 is 0 Å². The van der Waals surface area contributed by atoms with Gasteiger partial charge in [-0.2, -0.15) is 9.57 Å². The van der Waals surface area contributed by atoms with Crippen molar-refractivity contribution >= 4 is 15.7 Å². The number of hydrogen-bond donors (Lipinski definition) is 0. The Hall–Kier alpha value is -2.36. The van der Waals surface area contributed by atoms with Gasteiger partial charge in [-0.15, -0.1) is 0 Å². The van der Waals surface area contributed by atoms with Crippen LogP contribution in [0.15, 0.2) is 47.4 Å². The Labute approximate surface area is 180 Å². The van der Waals surface area contributed by atoms with Crippen LogP contribution >= 0.6 is 0 Å². The van der Waals surface area contributed by atoms with E-state index in [1.807, 2.05) is 0 Å². The van der Waals surface area contributed by atoms with Crippen molar-refractivity contribution in [3.8, 4) is 6.07 Å². The fourth-order valence-corrected chi connectivity index (χ4v) is 6.45. The normalized spacial score (nSPS) is 17.2. The van der Waals surface area contributed by atoms with E-state index >= 15 is 0 Å². The Morgan fingerprint density at radius 3 is 2.50 bits per heavy atom. The molecule has 0 radical (unpaired) electrons. The Morgan fingerprint density at radius 2 is 1.83 bits per heavy atom. The summed E-state index contributed by atoms with van der Waals surface area (Å²) in [6.07, 6.45) is 6.14. The van der Waals surface area contributed by atoms with Crippen LogP contribution in [0.25, 0.3) is 0 Å². The van der Waals surface area contributed by atoms with Crippen LogP contribution in [0.4, 0.5) is 5.69 Å². The molecule has 2 aromatic carbocycles. The van der Waals surface area contributed by atoms with Gasteiger partial charge in [0, 0.05) is 31.4 Å². The van der Waals surface area contributed by atoms with Crippen molar-refractivity contribution in [1.82, 2.24) is 4.31 Å². The molecule has 0 spiro atoms. The van der Waals surface area contributed by atoms with Crippen LogP contribution in [0.1, 0.15) is 55.7 Å². The third-order valence-electron chi connectivity index (χ3n) is 6.40. The van der Waals surface area contributed by atoms with E-state index in [4.69, 9.17) is 5.26 Å². The first-order chi connectivity index (χ1) is 14.5. The summed E-state index contributed by atoms with van der Waals surface area (Å²) < 4.78 is 28.8. The quantitative estimate of drug-likeness (QED) is 0.688. The third-order valence-corrected chi connectivity index (χ3v) is 8.31. The average Bonchev–Trinajstić information content (AvgIpc) is 3.31. The molecule has 5 nitrogen and oxygen atoms in total. The van der Waals surface area contributed by atoms with Crippen molar-refractivity contribution < 1.29 is 8.42 Å². The summed E-state index contributed by atoms with van der Waals surface area (Å²) >= 11 is 0. The van der Waals surface area contributed by atoms with Gasteiger partial charge in [-0.05, 0) is 74.1 Å². The minimum Gasteiger partial charge on any atom is -0.372 e. The standard InChI is InChI=1S/C24H29N3O2S/c1-2-26-15-5-6-21-16-20(11-14-24(21)26)18-27(22-7-3-4-8-22)30(28,29)23-12-9-19(17-25)10-13-23/h9-14,16,22H,2-8,15,18H2,1H3. The van der Waals surface area contributed by atoms with Crippen molar-refractivity contribution in [2.24, 2.45) is 0 Å². The van der Waals surface area contributed by atoms with Gasteiger partial charge in [0.1, 0.15) is 0 Å². The van der Waals surface area contributed by atoms with Gasteiger partial charge in [0.2, 0.25) is 10.0 Å². The molecule has 1 heterocycles. The molecular weight excluding hydrogens is 394 g/mol. The van der Waals surface area contributed by atoms with Crippen LogP contribution in [0.2, 0.25) is 0 Å². The van der Waals surface area contributed by atoms with Crippen molar-refractivity contribution in [2.75, 3.05) is 18.0 Å². The lowest BCUT2D eigenvalue weighted by Crippen LogP contribution is -2.38. The van der Waals surface area contributed by atoms with Crippen LogP contribution in [0, 0.1) is 11.3 Å². The highest BCUT2D eigenvalue weighted by molar-refractivity contribution is 7.89. The van der Waals surface area contributed by atoms with E-state index < -0.39 is 10.0 Å². The van der Waals surface area contributed by atoms with Gasteiger partial charge in [0.05, 0.1) is 16.5 Å². The van der Waals surface area contributed by atoms with E-state index in [0.29, 0.717) is 12.1 Å². The Kier molecular flexibility index (Phi) is 6.12. The molecule has 1 fully saturated rings. The minimum atomic E-state index is -3.63. The first-order valence-electron chi connectivity index (χ1n) is 10.9. The number of nitrogens with zero attached hydrogens (tertiary/aromatic N) is 3. The summed E-state index contributed by atoms with van der Waals surface area (Å²) in [5.74, 6) is 0. The van der Waals surface area contributed by atoms with Crippen molar-refractivity contribution in [2.45, 2.75) is 62.9 Å². The molecule has 4 rings (SSSR count). The van der Waals surface area contributed by atoms with Crippen LogP contribution in [0.5, 0.6) is 0 Å². The van der Waals surface area contributed by atoms with Crippen molar-refractivity contribution in [3.05, 3.63) is 59.2 Å². The zero-order valence-corrected chi connectivity index (χ0v) is 18.4. The second-order valence-electron chi connectivity index (χ2n) is 8.27. The molecule has 0 atom stereocenters. The zero-order chi connectivity index (χ0) is 21.1. The number of sulfonamides is 1. The number of fused-ring (bicyclic) bond motifs is 1. The largest absolute Gasteiger partial charge is 0.372 e. The molecule has 30 heavy (non-hydrogen) atoms. The molecular formula is C24H29N3O2S. The first-order valence-corrected chi connectivity index (χ1v) is 12.4. The summed E-state index contributed by atoms with van der Waals surface area (Å²) in [4.78, 5) is 2.66. The lowest BCUT2D eigenvalue weighted by Gasteiger charge is -2.32. The lowest BCUT2D eigenvalue weighted by atomic mass is 9.99. The highest BCUT2D eigenvalue weighted by Gasteiger charge is 2.33. The molecule has 0 unspecified atom stereocenters. The van der Waals surface area contributed by atoms with Gasteiger partial charge < -0.3 is 4.90 Å². The van der Waals surface area contributed by atoms with Gasteiger partial charge in [0.25, 0.3) is 0 Å². The van der Waals surface area contributed by atoms with Crippen LogP contribution in [-0.2, 0) is 23.0 Å². The molecule has 0 aromatic heterocycles. The third kappa shape index (κ3) is 4.10. The first kappa shape index (κ1) is 20.9. The maximum Gasteiger partial charge on any atom is 0.243 e. The van der Waals surface area contributed by atoms with E-state index in [1.165, 1.54) is 11.3 Å². The molecule has 0 bridgehead atoms. The van der Waals surface area contributed by atoms with Gasteiger partial charge in [-0.1, -0.05) is 25.0 Å². The fourth-order valence-electron chi connectivity index (χ4n) is 4.77. The molecule has 2 aromatic rings. The fraction of sp³-hybridized carbons (Fsp3) is 0.458. The molecule has 0 amide bonds. The number of benzene rings is 2. The zero-order valence-electron chi connectivity index (χ0n) is 17.5. The maximum atomic E-state index is 13.5. The Bertz CT molecular complexity index is 1040. The van der Waals surface area contributed by atoms with Crippen LogP contribution in [0.3, 0.4) is 0 Å². The predicted octanol–water partition coefficient (Wildman–Crippen LogP) is 4.46. The second-order valence-corrected chi connectivity index (χ2v) is 10.2. The monoisotopic (exact) mass is 423 g/mol. The highest BCUT2D eigenvalue weighted by Crippen LogP contribution is 2.32. The van der Waals surface area contributed by atoms with Crippen LogP contribution in [-0.4, -0.2) is 31.9 Å². The van der Waals surface area contributed by atoms with Crippen LogP contribution < -0.4 is 4.90 Å². The van der Waals surface area contributed by atoms with Gasteiger partial charge in [-0.3, -0.25) is 0 Å². The molecule has 6 heteroatoms. The number of aryl methyl sites for hydroxylation is 1. The molecule has 1 aliphatic heterocycles. The number of nitriles is 1. The molecule has 1 saturated carbocycles. The van der Waals surface area contributed by atoms with E-state index in [1.54, 1.807) is 28.6 Å². The summed E-state index contributed by atoms with van der Waals surface area (Å²) in [5, 5.41) is 9.03. The van der Waals surface area contributed by atoms with E-state index in [0.717, 1.165) is 57.2 Å². The summed E-state index contributed by atoms with van der Waals surface area (Å²) in [7, 11) is -3.63. The summed E-state index contributed by atoms with van der Waals surface area (Å²) in [6, 6.07) is 14.8. The van der Waals surface area contributed by atoms with E-state index in [-0.39, 0.29) is 10.9 Å². The van der Waals surface area contributed by atoms with Gasteiger partial charge in [-0.25, -0.2) is 8.42 Å². The average molecular weight is 424 g/mol. The molecule has 0 N–H and O–H groups in total. The minimum absolute atomic E-state index is 0.0359. The number of rotatable bonds is 6. The predicted molar refractivity (Wildman–Crippen MR) is 119 cm³/mol. The molecule has 158 valence electrons. The number of anilines is 1. The maximum absolute atomic E-state index is 13.5. The molecule has 2 aliphatic rings.